The first-order valence-corrected chi connectivity index (χ1v) is 6.44. The molecule has 8 heteroatoms. The molecule has 0 saturated heterocycles. The van der Waals surface area contributed by atoms with Crippen molar-refractivity contribution in [3.8, 4) is 22.6 Å². The largest absolute Gasteiger partial charge is 0.492 e. The van der Waals surface area contributed by atoms with Gasteiger partial charge in [0.05, 0.1) is 19.9 Å². The predicted molar refractivity (Wildman–Crippen MR) is 90.6 cm³/mol. The fraction of sp³-hybridized carbons (Fsp3) is 0.125. The Morgan fingerprint density at radius 2 is 1.29 bits per heavy atom. The molecule has 8 nitrogen and oxygen atoms in total. The number of anilines is 2. The molecule has 126 valence electrons. The standard InChI is InChI=1S/C14H16N2O2.2CHNO/c1-17-13-11(7-8-12(16)14(13)18-2)9-3-5-10(15)6-4-9;2*2-1-3/h3-8H,15-16H2,1-2H3;2*2H. The van der Waals surface area contributed by atoms with Crippen LogP contribution in [-0.2, 0) is 9.59 Å². The molecule has 2 aromatic rings. The Hall–Kier alpha value is -3.60. The van der Waals surface area contributed by atoms with Crippen molar-refractivity contribution in [2.24, 2.45) is 0 Å². The molecule has 0 saturated carbocycles. The van der Waals surface area contributed by atoms with Crippen molar-refractivity contribution >= 4 is 23.5 Å². The molecule has 0 atom stereocenters. The lowest BCUT2D eigenvalue weighted by molar-refractivity contribution is 0.358. The molecule has 0 aliphatic heterocycles. The molecule has 0 aliphatic carbocycles. The molecule has 0 bridgehead atoms. The van der Waals surface area contributed by atoms with Crippen molar-refractivity contribution < 1.29 is 19.1 Å². The Morgan fingerprint density at radius 3 is 1.71 bits per heavy atom. The number of nitrogens with one attached hydrogen (secondary N) is 2. The number of rotatable bonds is 3. The number of ether oxygens (including phenoxy) is 2. The van der Waals surface area contributed by atoms with E-state index in [1.54, 1.807) is 20.3 Å². The molecule has 6 N–H and O–H groups in total. The van der Waals surface area contributed by atoms with Gasteiger partial charge in [-0.1, -0.05) is 12.1 Å². The fourth-order valence-electron chi connectivity index (χ4n) is 1.88. The SMILES string of the molecule is COc1c(N)ccc(-c2ccc(N)cc2)c1OC.N=C=O.N=C=O. The summed E-state index contributed by atoms with van der Waals surface area (Å²) < 4.78 is 10.7. The Balaban J connectivity index is 0.000000772. The van der Waals surface area contributed by atoms with E-state index in [0.717, 1.165) is 29.0 Å². The second-order valence-corrected chi connectivity index (χ2v) is 4.09. The zero-order chi connectivity index (χ0) is 18.5. The van der Waals surface area contributed by atoms with Crippen LogP contribution in [0.5, 0.6) is 11.5 Å². The van der Waals surface area contributed by atoms with Crippen LogP contribution in [0.1, 0.15) is 0 Å². The second kappa shape index (κ2) is 11.0. The highest BCUT2D eigenvalue weighted by Gasteiger charge is 2.14. The van der Waals surface area contributed by atoms with Crippen LogP contribution in [0, 0.1) is 10.8 Å². The van der Waals surface area contributed by atoms with Crippen LogP contribution in [0.2, 0.25) is 0 Å². The monoisotopic (exact) mass is 330 g/mol. The third-order valence-corrected chi connectivity index (χ3v) is 2.77. The van der Waals surface area contributed by atoms with Gasteiger partial charge in [0.1, 0.15) is 0 Å². The molecule has 24 heavy (non-hydrogen) atoms. The minimum atomic E-state index is 0.548. The number of carbonyl (C=O) groups excluding carboxylic acids is 2. The van der Waals surface area contributed by atoms with Crippen LogP contribution < -0.4 is 20.9 Å². The second-order valence-electron chi connectivity index (χ2n) is 4.09. The lowest BCUT2D eigenvalue weighted by atomic mass is 10.0. The van der Waals surface area contributed by atoms with Gasteiger partial charge in [0.2, 0.25) is 12.2 Å². The predicted octanol–water partition coefficient (Wildman–Crippen LogP) is 2.34. The summed E-state index contributed by atoms with van der Waals surface area (Å²) >= 11 is 0. The van der Waals surface area contributed by atoms with Crippen LogP contribution in [-0.4, -0.2) is 26.4 Å². The Morgan fingerprint density at radius 1 is 0.833 bits per heavy atom. The molecule has 0 radical (unpaired) electrons. The summed E-state index contributed by atoms with van der Waals surface area (Å²) in [7, 11) is 3.17. The first-order chi connectivity index (χ1) is 11.5. The number of benzene rings is 2. The smallest absolute Gasteiger partial charge is 0.231 e. The van der Waals surface area contributed by atoms with E-state index in [1.807, 2.05) is 30.3 Å². The number of isocyanates is 2. The highest BCUT2D eigenvalue weighted by molar-refractivity contribution is 5.79. The first kappa shape index (κ1) is 20.4. The van der Waals surface area contributed by atoms with Gasteiger partial charge in [-0.05, 0) is 29.8 Å². The number of hydrogen-bond donors (Lipinski definition) is 4. The summed E-state index contributed by atoms with van der Waals surface area (Å²) in [4.78, 5) is 16.7. The number of methoxy groups -OCH3 is 2. The van der Waals surface area contributed by atoms with Crippen molar-refractivity contribution in [1.82, 2.24) is 0 Å². The van der Waals surface area contributed by atoms with E-state index in [4.69, 9.17) is 41.3 Å². The Kier molecular flexibility index (Phi) is 9.38. The number of nitrogens with two attached hydrogens (primary N) is 2. The van der Waals surface area contributed by atoms with Crippen molar-refractivity contribution in [3.05, 3.63) is 36.4 Å². The molecule has 2 aromatic carbocycles. The first-order valence-electron chi connectivity index (χ1n) is 6.44. The molecule has 0 aromatic heterocycles. The van der Waals surface area contributed by atoms with Crippen molar-refractivity contribution in [3.63, 3.8) is 0 Å². The van der Waals surface area contributed by atoms with Crippen LogP contribution in [0.4, 0.5) is 11.4 Å². The highest BCUT2D eigenvalue weighted by Crippen LogP contribution is 2.41. The van der Waals surface area contributed by atoms with Gasteiger partial charge >= 0.3 is 0 Å². The number of hydrogen-bond acceptors (Lipinski definition) is 8. The molecule has 2 rings (SSSR count). The van der Waals surface area contributed by atoms with Crippen molar-refractivity contribution in [1.29, 1.82) is 10.8 Å². The maximum Gasteiger partial charge on any atom is 0.231 e. The normalized spacial score (nSPS) is 8.25. The van der Waals surface area contributed by atoms with Gasteiger partial charge in [-0.15, -0.1) is 0 Å². The van der Waals surface area contributed by atoms with Crippen LogP contribution in [0.25, 0.3) is 11.1 Å². The molecule has 0 fully saturated rings. The maximum atomic E-state index is 8.35. The molecule has 0 amide bonds. The summed E-state index contributed by atoms with van der Waals surface area (Å²) in [6.45, 7) is 0. The van der Waals surface area contributed by atoms with Crippen molar-refractivity contribution in [2.45, 2.75) is 0 Å². The average Bonchev–Trinajstić information content (AvgIpc) is 2.57. The van der Waals surface area contributed by atoms with E-state index in [9.17, 15) is 0 Å². The summed E-state index contributed by atoms with van der Waals surface area (Å²) in [5.41, 5.74) is 14.7. The van der Waals surface area contributed by atoms with E-state index in [1.165, 1.54) is 0 Å². The summed E-state index contributed by atoms with van der Waals surface area (Å²) in [5, 5.41) is 10.8. The molecule has 0 heterocycles. The fourth-order valence-corrected chi connectivity index (χ4v) is 1.88. The Bertz CT molecular complexity index is 706. The maximum absolute atomic E-state index is 8.35. The molecule has 0 aliphatic rings. The van der Waals surface area contributed by atoms with Gasteiger partial charge in [-0.3, -0.25) is 0 Å². The van der Waals surface area contributed by atoms with Gasteiger partial charge < -0.3 is 20.9 Å². The van der Waals surface area contributed by atoms with E-state index < -0.39 is 0 Å². The van der Waals surface area contributed by atoms with Crippen LogP contribution in [0.15, 0.2) is 36.4 Å². The highest BCUT2D eigenvalue weighted by atomic mass is 16.5. The average molecular weight is 330 g/mol. The molecule has 0 spiro atoms. The van der Waals surface area contributed by atoms with Crippen molar-refractivity contribution in [2.75, 3.05) is 25.7 Å². The third kappa shape index (κ3) is 5.65. The lowest BCUT2D eigenvalue weighted by Crippen LogP contribution is -1.98. The van der Waals surface area contributed by atoms with Gasteiger partial charge in [0.25, 0.3) is 0 Å². The summed E-state index contributed by atoms with van der Waals surface area (Å²) in [6.07, 6.45) is 1.50. The minimum Gasteiger partial charge on any atom is -0.492 e. The summed E-state index contributed by atoms with van der Waals surface area (Å²) in [5.74, 6) is 1.18. The third-order valence-electron chi connectivity index (χ3n) is 2.77. The number of nitrogen functional groups attached to an aromatic ring is 2. The van der Waals surface area contributed by atoms with Crippen LogP contribution >= 0.6 is 0 Å². The van der Waals surface area contributed by atoms with Gasteiger partial charge in [0.15, 0.2) is 11.5 Å². The van der Waals surface area contributed by atoms with E-state index >= 15 is 0 Å². The van der Waals surface area contributed by atoms with E-state index in [2.05, 4.69) is 0 Å². The quantitative estimate of drug-likeness (QED) is 0.385. The minimum absolute atomic E-state index is 0.548. The molecule has 0 unspecified atom stereocenters. The zero-order valence-electron chi connectivity index (χ0n) is 13.3. The molecular formula is C16H18N4O4. The summed E-state index contributed by atoms with van der Waals surface area (Å²) in [6, 6.07) is 11.3. The van der Waals surface area contributed by atoms with Gasteiger partial charge in [-0.25, -0.2) is 20.4 Å². The molecular weight excluding hydrogens is 312 g/mol. The topological polar surface area (TPSA) is 152 Å². The van der Waals surface area contributed by atoms with E-state index in [0.29, 0.717) is 17.2 Å². The van der Waals surface area contributed by atoms with E-state index in [-0.39, 0.29) is 0 Å². The zero-order valence-corrected chi connectivity index (χ0v) is 13.3. The lowest BCUT2D eigenvalue weighted by Gasteiger charge is -2.14. The van der Waals surface area contributed by atoms with Crippen LogP contribution in [0.3, 0.4) is 0 Å². The Labute approximate surface area is 139 Å². The van der Waals surface area contributed by atoms with Gasteiger partial charge in [0, 0.05) is 11.3 Å². The van der Waals surface area contributed by atoms with Gasteiger partial charge in [-0.2, -0.15) is 0 Å².